The first kappa shape index (κ1) is 14.8. The smallest absolute Gasteiger partial charge is 0.306 e. The van der Waals surface area contributed by atoms with Gasteiger partial charge in [-0.15, -0.1) is 0 Å². The third-order valence-corrected chi connectivity index (χ3v) is 5.51. The Morgan fingerprint density at radius 3 is 2.29 bits per heavy atom. The fraction of sp³-hybridized carbons (Fsp3) is 0.875. The number of aliphatic carboxylic acids is 1. The molecule has 0 aromatic carbocycles. The Bertz CT molecular complexity index is 406. The van der Waals surface area contributed by atoms with Crippen molar-refractivity contribution < 1.29 is 14.7 Å². The SMILES string of the molecule is O=C(O)C1CCC(C(=O)N2CCC(N3CCCCC3)C2)C1. The fourth-order valence-corrected chi connectivity index (χ4v) is 4.21. The molecule has 1 saturated carbocycles. The zero-order chi connectivity index (χ0) is 14.8. The highest BCUT2D eigenvalue weighted by molar-refractivity contribution is 5.81. The molecule has 0 aromatic heterocycles. The molecule has 0 radical (unpaired) electrons. The monoisotopic (exact) mass is 294 g/mol. The van der Waals surface area contributed by atoms with Crippen LogP contribution < -0.4 is 0 Å². The third kappa shape index (κ3) is 3.23. The topological polar surface area (TPSA) is 60.9 Å². The van der Waals surface area contributed by atoms with Gasteiger partial charge < -0.3 is 10.0 Å². The number of hydrogen-bond acceptors (Lipinski definition) is 3. The lowest BCUT2D eigenvalue weighted by atomic mass is 10.0. The second-order valence-electron chi connectivity index (χ2n) is 6.87. The van der Waals surface area contributed by atoms with Crippen LogP contribution in [0.15, 0.2) is 0 Å². The molecule has 1 aliphatic carbocycles. The van der Waals surface area contributed by atoms with Crippen LogP contribution in [-0.2, 0) is 9.59 Å². The van der Waals surface area contributed by atoms with Crippen LogP contribution >= 0.6 is 0 Å². The molecule has 1 N–H and O–H groups in total. The largest absolute Gasteiger partial charge is 0.481 e. The van der Waals surface area contributed by atoms with Crippen molar-refractivity contribution in [2.75, 3.05) is 26.2 Å². The summed E-state index contributed by atoms with van der Waals surface area (Å²) in [6.07, 6.45) is 6.95. The maximum absolute atomic E-state index is 12.6. The van der Waals surface area contributed by atoms with Crippen molar-refractivity contribution in [3.8, 4) is 0 Å². The molecule has 3 fully saturated rings. The lowest BCUT2D eigenvalue weighted by Crippen LogP contribution is -2.42. The van der Waals surface area contributed by atoms with Crippen LogP contribution in [0.2, 0.25) is 0 Å². The molecular formula is C16H26N2O3. The minimum absolute atomic E-state index is 0.0498. The van der Waals surface area contributed by atoms with Gasteiger partial charge in [-0.2, -0.15) is 0 Å². The average Bonchev–Trinajstić information content (AvgIpc) is 3.17. The van der Waals surface area contributed by atoms with Gasteiger partial charge in [-0.3, -0.25) is 14.5 Å². The molecule has 2 heterocycles. The predicted octanol–water partition coefficient (Wildman–Crippen LogP) is 1.57. The van der Waals surface area contributed by atoms with E-state index in [0.717, 1.165) is 25.9 Å². The van der Waals surface area contributed by atoms with Gasteiger partial charge in [0.25, 0.3) is 0 Å². The number of piperidine rings is 1. The van der Waals surface area contributed by atoms with E-state index in [1.54, 1.807) is 0 Å². The van der Waals surface area contributed by atoms with Gasteiger partial charge in [0, 0.05) is 25.0 Å². The molecule has 0 aromatic rings. The highest BCUT2D eigenvalue weighted by Crippen LogP contribution is 2.33. The number of nitrogens with zero attached hydrogens (tertiary/aromatic N) is 2. The van der Waals surface area contributed by atoms with E-state index in [1.165, 1.54) is 32.4 Å². The molecule has 0 spiro atoms. The van der Waals surface area contributed by atoms with Crippen molar-refractivity contribution in [1.82, 2.24) is 9.80 Å². The Hall–Kier alpha value is -1.10. The van der Waals surface area contributed by atoms with E-state index in [9.17, 15) is 9.59 Å². The zero-order valence-electron chi connectivity index (χ0n) is 12.7. The van der Waals surface area contributed by atoms with Gasteiger partial charge in [-0.25, -0.2) is 0 Å². The molecule has 1 amide bonds. The van der Waals surface area contributed by atoms with E-state index in [0.29, 0.717) is 18.9 Å². The van der Waals surface area contributed by atoms with Crippen LogP contribution in [0.4, 0.5) is 0 Å². The van der Waals surface area contributed by atoms with E-state index < -0.39 is 5.97 Å². The van der Waals surface area contributed by atoms with Crippen LogP contribution in [-0.4, -0.2) is 59.0 Å². The summed E-state index contributed by atoms with van der Waals surface area (Å²) in [5, 5.41) is 9.06. The molecule has 3 rings (SSSR count). The Labute approximate surface area is 126 Å². The number of rotatable bonds is 3. The Kier molecular flexibility index (Phi) is 4.48. The molecule has 5 nitrogen and oxygen atoms in total. The number of carbonyl (C=O) groups excluding carboxylic acids is 1. The molecule has 3 atom stereocenters. The maximum Gasteiger partial charge on any atom is 0.306 e. The summed E-state index contributed by atoms with van der Waals surface area (Å²) in [5.41, 5.74) is 0. The van der Waals surface area contributed by atoms with Crippen LogP contribution in [0.25, 0.3) is 0 Å². The first-order valence-corrected chi connectivity index (χ1v) is 8.41. The van der Waals surface area contributed by atoms with Gasteiger partial charge in [-0.1, -0.05) is 6.42 Å². The first-order chi connectivity index (χ1) is 10.1. The summed E-state index contributed by atoms with van der Waals surface area (Å²) in [7, 11) is 0. The van der Waals surface area contributed by atoms with E-state index in [-0.39, 0.29) is 17.7 Å². The van der Waals surface area contributed by atoms with E-state index in [2.05, 4.69) is 4.90 Å². The number of hydrogen-bond donors (Lipinski definition) is 1. The van der Waals surface area contributed by atoms with Gasteiger partial charge in [-0.05, 0) is 51.6 Å². The summed E-state index contributed by atoms with van der Waals surface area (Å²) in [6.45, 7) is 4.07. The standard InChI is InChI=1S/C16H26N2O3/c19-15(12-4-5-13(10-12)16(20)21)18-9-6-14(11-18)17-7-2-1-3-8-17/h12-14H,1-11H2,(H,20,21). The predicted molar refractivity (Wildman–Crippen MR) is 78.9 cm³/mol. The number of carboxylic acids is 1. The lowest BCUT2D eigenvalue weighted by Gasteiger charge is -2.32. The summed E-state index contributed by atoms with van der Waals surface area (Å²) < 4.78 is 0. The third-order valence-electron chi connectivity index (χ3n) is 5.51. The minimum atomic E-state index is -0.738. The average molecular weight is 294 g/mol. The molecule has 3 aliphatic rings. The van der Waals surface area contributed by atoms with Crippen LogP contribution in [0.1, 0.15) is 44.9 Å². The van der Waals surface area contributed by atoms with E-state index in [1.807, 2.05) is 4.90 Å². The molecule has 21 heavy (non-hydrogen) atoms. The summed E-state index contributed by atoms with van der Waals surface area (Å²) in [4.78, 5) is 28.1. The molecule has 0 bridgehead atoms. The van der Waals surface area contributed by atoms with Crippen molar-refractivity contribution in [3.05, 3.63) is 0 Å². The van der Waals surface area contributed by atoms with Crippen molar-refractivity contribution in [2.24, 2.45) is 11.8 Å². The minimum Gasteiger partial charge on any atom is -0.481 e. The van der Waals surface area contributed by atoms with Gasteiger partial charge in [0.2, 0.25) is 5.91 Å². The van der Waals surface area contributed by atoms with Crippen LogP contribution in [0, 0.1) is 11.8 Å². The fourth-order valence-electron chi connectivity index (χ4n) is 4.21. The number of amides is 1. The number of carboxylic acid groups (broad SMARTS) is 1. The van der Waals surface area contributed by atoms with E-state index in [4.69, 9.17) is 5.11 Å². The van der Waals surface area contributed by atoms with Crippen molar-refractivity contribution in [3.63, 3.8) is 0 Å². The molecule has 5 heteroatoms. The van der Waals surface area contributed by atoms with Crippen LogP contribution in [0.5, 0.6) is 0 Å². The first-order valence-electron chi connectivity index (χ1n) is 8.41. The van der Waals surface area contributed by atoms with Crippen molar-refractivity contribution in [1.29, 1.82) is 0 Å². The Morgan fingerprint density at radius 2 is 1.62 bits per heavy atom. The Morgan fingerprint density at radius 1 is 0.905 bits per heavy atom. The summed E-state index contributed by atoms with van der Waals surface area (Å²) in [6, 6.07) is 0.533. The summed E-state index contributed by atoms with van der Waals surface area (Å²) >= 11 is 0. The lowest BCUT2D eigenvalue weighted by molar-refractivity contribution is -0.141. The van der Waals surface area contributed by atoms with Crippen LogP contribution in [0.3, 0.4) is 0 Å². The second kappa shape index (κ2) is 6.34. The summed E-state index contributed by atoms with van der Waals surface area (Å²) in [5.74, 6) is -0.887. The Balaban J connectivity index is 1.51. The molecule has 118 valence electrons. The van der Waals surface area contributed by atoms with E-state index >= 15 is 0 Å². The maximum atomic E-state index is 12.6. The van der Waals surface area contributed by atoms with Gasteiger partial charge in [0.05, 0.1) is 5.92 Å². The zero-order valence-corrected chi connectivity index (χ0v) is 12.7. The molecule has 3 unspecified atom stereocenters. The molecular weight excluding hydrogens is 268 g/mol. The number of carbonyl (C=O) groups is 2. The highest BCUT2D eigenvalue weighted by Gasteiger charge is 2.38. The van der Waals surface area contributed by atoms with Gasteiger partial charge >= 0.3 is 5.97 Å². The second-order valence-corrected chi connectivity index (χ2v) is 6.87. The van der Waals surface area contributed by atoms with Gasteiger partial charge in [0.15, 0.2) is 0 Å². The molecule has 2 saturated heterocycles. The van der Waals surface area contributed by atoms with Crippen molar-refractivity contribution in [2.45, 2.75) is 51.0 Å². The highest BCUT2D eigenvalue weighted by atomic mass is 16.4. The normalized spacial score (nSPS) is 34.3. The quantitative estimate of drug-likeness (QED) is 0.858. The molecule has 2 aliphatic heterocycles. The van der Waals surface area contributed by atoms with Gasteiger partial charge in [0.1, 0.15) is 0 Å². The van der Waals surface area contributed by atoms with Crippen molar-refractivity contribution >= 4 is 11.9 Å². The number of likely N-dealkylation sites (tertiary alicyclic amines) is 2.